The second-order valence-corrected chi connectivity index (χ2v) is 8.36. The van der Waals surface area contributed by atoms with Crippen molar-refractivity contribution in [2.75, 3.05) is 46.4 Å². The van der Waals surface area contributed by atoms with Crippen molar-refractivity contribution < 1.29 is 4.74 Å². The third-order valence-corrected chi connectivity index (χ3v) is 6.15. The monoisotopic (exact) mass is 514 g/mol. The third kappa shape index (κ3) is 8.06. The number of likely N-dealkylation sites (tertiary alicyclic amines) is 1. The lowest BCUT2D eigenvalue weighted by atomic mass is 9.89. The number of hydrogen-bond acceptors (Lipinski definition) is 3. The van der Waals surface area contributed by atoms with Crippen LogP contribution in [0.1, 0.15) is 50.7 Å². The molecule has 2 N–H and O–H groups in total. The quantitative estimate of drug-likeness (QED) is 0.250. The van der Waals surface area contributed by atoms with Crippen LogP contribution in [0.15, 0.2) is 35.3 Å². The molecule has 0 saturated carbocycles. The minimum absolute atomic E-state index is 0. The number of benzene rings is 1. The molecule has 0 aliphatic carbocycles. The molecule has 0 bridgehead atoms. The molecule has 2 aliphatic rings. The fraction of sp³-hybridized carbons (Fsp3) is 0.696. The molecule has 0 spiro atoms. The van der Waals surface area contributed by atoms with Gasteiger partial charge < -0.3 is 20.3 Å². The van der Waals surface area contributed by atoms with E-state index < -0.39 is 0 Å². The minimum Gasteiger partial charge on any atom is -0.373 e. The predicted molar refractivity (Wildman–Crippen MR) is 132 cm³/mol. The van der Waals surface area contributed by atoms with Gasteiger partial charge in [-0.25, -0.2) is 0 Å². The summed E-state index contributed by atoms with van der Waals surface area (Å²) in [6.07, 6.45) is 6.37. The van der Waals surface area contributed by atoms with Crippen LogP contribution >= 0.6 is 24.0 Å². The number of ether oxygens (including phenoxy) is 1. The van der Waals surface area contributed by atoms with E-state index in [0.717, 1.165) is 44.4 Å². The minimum atomic E-state index is 0. The third-order valence-electron chi connectivity index (χ3n) is 6.15. The van der Waals surface area contributed by atoms with Gasteiger partial charge in [0.1, 0.15) is 0 Å². The second kappa shape index (κ2) is 13.4. The van der Waals surface area contributed by atoms with E-state index in [-0.39, 0.29) is 30.1 Å². The van der Waals surface area contributed by atoms with E-state index in [1.54, 1.807) is 0 Å². The van der Waals surface area contributed by atoms with Crippen molar-refractivity contribution in [3.8, 4) is 0 Å². The molecule has 2 heterocycles. The van der Waals surface area contributed by atoms with Gasteiger partial charge in [-0.05, 0) is 63.2 Å². The average molecular weight is 514 g/mol. The van der Waals surface area contributed by atoms with Crippen LogP contribution in [0.25, 0.3) is 0 Å². The lowest BCUT2D eigenvalue weighted by molar-refractivity contribution is -0.0265. The zero-order chi connectivity index (χ0) is 19.6. The number of guanidine groups is 1. The fourth-order valence-electron chi connectivity index (χ4n) is 4.31. The Morgan fingerprint density at radius 1 is 1.14 bits per heavy atom. The Hall–Kier alpha value is -0.860. The maximum Gasteiger partial charge on any atom is 0.190 e. The summed E-state index contributed by atoms with van der Waals surface area (Å²) in [5, 5.41) is 7.01. The van der Waals surface area contributed by atoms with Crippen molar-refractivity contribution in [2.24, 2.45) is 16.8 Å². The number of nitrogens with zero attached hydrogens (tertiary/aromatic N) is 2. The van der Waals surface area contributed by atoms with Gasteiger partial charge in [-0.3, -0.25) is 4.99 Å². The molecule has 6 heteroatoms. The first-order valence-corrected chi connectivity index (χ1v) is 11.1. The Bertz CT molecular complexity index is 590. The topological polar surface area (TPSA) is 48.9 Å². The van der Waals surface area contributed by atoms with Crippen LogP contribution in [0.5, 0.6) is 0 Å². The molecular weight excluding hydrogens is 475 g/mol. The van der Waals surface area contributed by atoms with E-state index in [9.17, 15) is 0 Å². The Morgan fingerprint density at radius 2 is 1.90 bits per heavy atom. The maximum atomic E-state index is 6.11. The first-order valence-electron chi connectivity index (χ1n) is 11.1. The Balaban J connectivity index is 0.00000300. The molecule has 0 amide bonds. The highest BCUT2D eigenvalue weighted by atomic mass is 127. The van der Waals surface area contributed by atoms with Crippen molar-refractivity contribution in [1.82, 2.24) is 15.5 Å². The van der Waals surface area contributed by atoms with Crippen LogP contribution in [0.2, 0.25) is 0 Å². The van der Waals surface area contributed by atoms with Gasteiger partial charge in [-0.1, -0.05) is 37.3 Å². The van der Waals surface area contributed by atoms with Crippen LogP contribution in [-0.4, -0.2) is 57.2 Å². The van der Waals surface area contributed by atoms with Crippen molar-refractivity contribution in [1.29, 1.82) is 0 Å². The molecule has 2 saturated heterocycles. The van der Waals surface area contributed by atoms with Gasteiger partial charge in [0, 0.05) is 32.7 Å². The van der Waals surface area contributed by atoms with E-state index in [4.69, 9.17) is 4.74 Å². The van der Waals surface area contributed by atoms with E-state index in [2.05, 4.69) is 57.8 Å². The summed E-state index contributed by atoms with van der Waals surface area (Å²) in [4.78, 5) is 7.00. The largest absolute Gasteiger partial charge is 0.373 e. The van der Waals surface area contributed by atoms with Crippen molar-refractivity contribution in [2.45, 2.75) is 45.1 Å². The number of aliphatic imine (C=N–C) groups is 1. The molecule has 2 aliphatic heterocycles. The number of hydrogen-bond donors (Lipinski definition) is 2. The lowest BCUT2D eigenvalue weighted by Gasteiger charge is -2.32. The summed E-state index contributed by atoms with van der Waals surface area (Å²) in [5.74, 6) is 2.29. The molecule has 1 aromatic carbocycles. The SMILES string of the molecule is CN=C(NCCCN1CCC(C)CC1)NCC1CCCOC1c1ccccc1.I. The molecular formula is C23H39IN4O. The van der Waals surface area contributed by atoms with Crippen molar-refractivity contribution in [3.05, 3.63) is 35.9 Å². The molecule has 0 radical (unpaired) electrons. The smallest absolute Gasteiger partial charge is 0.190 e. The van der Waals surface area contributed by atoms with E-state index in [0.29, 0.717) is 5.92 Å². The molecule has 5 nitrogen and oxygen atoms in total. The van der Waals surface area contributed by atoms with Gasteiger partial charge in [0.15, 0.2) is 5.96 Å². The van der Waals surface area contributed by atoms with Crippen LogP contribution in [0.4, 0.5) is 0 Å². The van der Waals surface area contributed by atoms with Gasteiger partial charge >= 0.3 is 0 Å². The van der Waals surface area contributed by atoms with Gasteiger partial charge in [0.05, 0.1) is 6.10 Å². The summed E-state index contributed by atoms with van der Waals surface area (Å²) < 4.78 is 6.11. The zero-order valence-electron chi connectivity index (χ0n) is 18.1. The van der Waals surface area contributed by atoms with Crippen molar-refractivity contribution >= 4 is 29.9 Å². The number of rotatable bonds is 7. The molecule has 29 heavy (non-hydrogen) atoms. The first-order chi connectivity index (χ1) is 13.8. The predicted octanol–water partition coefficient (Wildman–Crippen LogP) is 4.06. The van der Waals surface area contributed by atoms with Gasteiger partial charge in [0.2, 0.25) is 0 Å². The van der Waals surface area contributed by atoms with E-state index in [1.165, 1.54) is 44.5 Å². The summed E-state index contributed by atoms with van der Waals surface area (Å²) in [7, 11) is 1.85. The average Bonchev–Trinajstić information content (AvgIpc) is 2.75. The highest BCUT2D eigenvalue weighted by molar-refractivity contribution is 14.0. The zero-order valence-corrected chi connectivity index (χ0v) is 20.4. The highest BCUT2D eigenvalue weighted by Crippen LogP contribution is 2.33. The van der Waals surface area contributed by atoms with Crippen LogP contribution in [0, 0.1) is 11.8 Å². The molecule has 2 atom stereocenters. The van der Waals surface area contributed by atoms with Crippen LogP contribution < -0.4 is 10.6 Å². The van der Waals surface area contributed by atoms with Crippen molar-refractivity contribution in [3.63, 3.8) is 0 Å². The number of nitrogens with one attached hydrogen (secondary N) is 2. The number of piperidine rings is 1. The molecule has 2 unspecified atom stereocenters. The standard InChI is InChI=1S/C23H38N4O.HI/c1-19-11-15-27(16-12-19)14-7-13-25-23(24-2)26-18-21-10-6-17-28-22(21)20-8-4-3-5-9-20;/h3-5,8-9,19,21-22H,6-7,10-18H2,1-2H3,(H2,24,25,26);1H. The molecule has 0 aromatic heterocycles. The second-order valence-electron chi connectivity index (χ2n) is 8.36. The summed E-state index contributed by atoms with van der Waals surface area (Å²) in [6.45, 7) is 8.79. The first kappa shape index (κ1) is 24.4. The lowest BCUT2D eigenvalue weighted by Crippen LogP contribution is -2.43. The van der Waals surface area contributed by atoms with Crippen LogP contribution in [0.3, 0.4) is 0 Å². The van der Waals surface area contributed by atoms with E-state index >= 15 is 0 Å². The maximum absolute atomic E-state index is 6.11. The Morgan fingerprint density at radius 3 is 2.62 bits per heavy atom. The molecule has 2 fully saturated rings. The normalized spacial score (nSPS) is 24.0. The molecule has 3 rings (SSSR count). The summed E-state index contributed by atoms with van der Waals surface area (Å²) in [5.41, 5.74) is 1.28. The van der Waals surface area contributed by atoms with E-state index in [1.807, 2.05) is 7.05 Å². The van der Waals surface area contributed by atoms with Crippen LogP contribution in [-0.2, 0) is 4.74 Å². The molecule has 164 valence electrons. The summed E-state index contributed by atoms with van der Waals surface area (Å²) in [6, 6.07) is 10.6. The highest BCUT2D eigenvalue weighted by Gasteiger charge is 2.27. The summed E-state index contributed by atoms with van der Waals surface area (Å²) >= 11 is 0. The molecule has 1 aromatic rings. The van der Waals surface area contributed by atoms with Gasteiger partial charge in [0.25, 0.3) is 0 Å². The van der Waals surface area contributed by atoms with Gasteiger partial charge in [-0.15, -0.1) is 24.0 Å². The fourth-order valence-corrected chi connectivity index (χ4v) is 4.31. The number of halogens is 1. The van der Waals surface area contributed by atoms with Gasteiger partial charge in [-0.2, -0.15) is 0 Å². The Labute approximate surface area is 194 Å². The Kier molecular flexibility index (Phi) is 11.3.